The molecule has 28 heavy (non-hydrogen) atoms. The summed E-state index contributed by atoms with van der Waals surface area (Å²) >= 11 is 0. The number of hydrogen-bond donors (Lipinski definition) is 1. The van der Waals surface area contributed by atoms with Gasteiger partial charge < -0.3 is 19.5 Å². The molecule has 0 saturated carbocycles. The van der Waals surface area contributed by atoms with Gasteiger partial charge in [-0.3, -0.25) is 9.20 Å². The third kappa shape index (κ3) is 4.19. The van der Waals surface area contributed by atoms with Crippen molar-refractivity contribution in [3.63, 3.8) is 0 Å². The summed E-state index contributed by atoms with van der Waals surface area (Å²) in [5, 5.41) is 2.91. The number of amides is 1. The zero-order valence-electron chi connectivity index (χ0n) is 16.4. The number of nitrogens with one attached hydrogen (secondary N) is 1. The van der Waals surface area contributed by atoms with E-state index in [0.29, 0.717) is 43.3 Å². The third-order valence-electron chi connectivity index (χ3n) is 4.25. The maximum Gasteiger partial charge on any atom is 0.270 e. The second-order valence-corrected chi connectivity index (χ2v) is 6.04. The molecular weight excluding hydrogens is 358 g/mol. The lowest BCUT2D eigenvalue weighted by atomic mass is 10.2. The quantitative estimate of drug-likeness (QED) is 0.575. The van der Waals surface area contributed by atoms with Crippen LogP contribution in [0.5, 0.6) is 17.2 Å². The topological polar surface area (TPSA) is 74.1 Å². The van der Waals surface area contributed by atoms with Crippen LogP contribution < -0.4 is 19.5 Å². The normalized spacial score (nSPS) is 10.7. The van der Waals surface area contributed by atoms with Crippen LogP contribution in [0.1, 0.15) is 30.0 Å². The summed E-state index contributed by atoms with van der Waals surface area (Å²) in [5.74, 6) is 1.98. The van der Waals surface area contributed by atoms with Crippen LogP contribution in [0, 0.1) is 0 Å². The Morgan fingerprint density at radius 1 is 1.11 bits per heavy atom. The van der Waals surface area contributed by atoms with E-state index in [1.807, 2.05) is 56.4 Å². The third-order valence-corrected chi connectivity index (χ3v) is 4.25. The molecule has 0 unspecified atom stereocenters. The van der Waals surface area contributed by atoms with Crippen LogP contribution in [-0.2, 0) is 6.42 Å². The highest BCUT2D eigenvalue weighted by molar-refractivity contribution is 5.95. The number of methoxy groups -OCH3 is 1. The summed E-state index contributed by atoms with van der Waals surface area (Å²) in [7, 11) is 1.62. The average molecular weight is 383 g/mol. The number of ether oxygens (including phenoxy) is 3. The van der Waals surface area contributed by atoms with Crippen molar-refractivity contribution < 1.29 is 19.0 Å². The smallest absolute Gasteiger partial charge is 0.270 e. The van der Waals surface area contributed by atoms with Gasteiger partial charge in [0.25, 0.3) is 5.91 Å². The fraction of sp³-hybridized carbons (Fsp3) is 0.333. The van der Waals surface area contributed by atoms with Crippen LogP contribution >= 0.6 is 0 Å². The molecule has 7 nitrogen and oxygen atoms in total. The molecule has 0 aliphatic heterocycles. The zero-order chi connectivity index (χ0) is 19.9. The minimum Gasteiger partial charge on any atom is -0.497 e. The highest BCUT2D eigenvalue weighted by Crippen LogP contribution is 2.23. The predicted octanol–water partition coefficient (Wildman–Crippen LogP) is 3.11. The van der Waals surface area contributed by atoms with E-state index in [-0.39, 0.29) is 5.91 Å². The largest absolute Gasteiger partial charge is 0.497 e. The van der Waals surface area contributed by atoms with E-state index in [4.69, 9.17) is 14.2 Å². The summed E-state index contributed by atoms with van der Waals surface area (Å²) in [4.78, 5) is 17.4. The Morgan fingerprint density at radius 3 is 2.54 bits per heavy atom. The van der Waals surface area contributed by atoms with Crippen molar-refractivity contribution in [3.8, 4) is 17.2 Å². The first-order valence-electron chi connectivity index (χ1n) is 9.35. The van der Waals surface area contributed by atoms with Crippen LogP contribution in [0.3, 0.4) is 0 Å². The van der Waals surface area contributed by atoms with Crippen molar-refractivity contribution in [2.24, 2.45) is 0 Å². The van der Waals surface area contributed by atoms with E-state index >= 15 is 0 Å². The first-order valence-corrected chi connectivity index (χ1v) is 9.35. The monoisotopic (exact) mass is 383 g/mol. The first kappa shape index (κ1) is 19.5. The number of fused-ring (bicyclic) bond motifs is 1. The van der Waals surface area contributed by atoms with Crippen molar-refractivity contribution in [1.29, 1.82) is 0 Å². The van der Waals surface area contributed by atoms with Gasteiger partial charge in [0.05, 0.1) is 26.0 Å². The maximum atomic E-state index is 12.8. The second kappa shape index (κ2) is 9.12. The Hall–Kier alpha value is -3.22. The summed E-state index contributed by atoms with van der Waals surface area (Å²) in [5.41, 5.74) is 1.92. The van der Waals surface area contributed by atoms with E-state index in [1.165, 1.54) is 0 Å². The molecule has 7 heteroatoms. The van der Waals surface area contributed by atoms with E-state index in [1.54, 1.807) is 11.5 Å². The van der Waals surface area contributed by atoms with Gasteiger partial charge in [-0.25, -0.2) is 4.98 Å². The van der Waals surface area contributed by atoms with Gasteiger partial charge in [-0.1, -0.05) is 6.92 Å². The summed E-state index contributed by atoms with van der Waals surface area (Å²) in [6.45, 7) is 5.18. The molecule has 0 fully saturated rings. The van der Waals surface area contributed by atoms with Gasteiger partial charge in [0.15, 0.2) is 11.4 Å². The van der Waals surface area contributed by atoms with Crippen molar-refractivity contribution in [2.45, 2.75) is 20.3 Å². The molecule has 1 aromatic carbocycles. The van der Waals surface area contributed by atoms with Crippen molar-refractivity contribution in [2.75, 3.05) is 26.9 Å². The van der Waals surface area contributed by atoms with Crippen LogP contribution in [0.4, 0.5) is 0 Å². The van der Waals surface area contributed by atoms with E-state index in [9.17, 15) is 4.79 Å². The van der Waals surface area contributed by atoms with Crippen LogP contribution in [0.2, 0.25) is 0 Å². The fourth-order valence-electron chi connectivity index (χ4n) is 2.93. The van der Waals surface area contributed by atoms with E-state index < -0.39 is 0 Å². The van der Waals surface area contributed by atoms with Crippen molar-refractivity contribution in [1.82, 2.24) is 14.7 Å². The number of nitrogens with zero attached hydrogens (tertiary/aromatic N) is 2. The number of imidazole rings is 1. The number of carbonyl (C=O) groups is 1. The maximum absolute atomic E-state index is 12.8. The molecule has 0 radical (unpaired) electrons. The molecule has 2 heterocycles. The molecule has 3 rings (SSSR count). The second-order valence-electron chi connectivity index (χ2n) is 6.04. The van der Waals surface area contributed by atoms with Crippen LogP contribution in [0.15, 0.2) is 42.6 Å². The summed E-state index contributed by atoms with van der Waals surface area (Å²) < 4.78 is 18.2. The molecule has 0 bridgehead atoms. The number of aryl methyl sites for hydroxylation is 1. The summed E-state index contributed by atoms with van der Waals surface area (Å²) in [6, 6.07) is 11.0. The van der Waals surface area contributed by atoms with Gasteiger partial charge in [-0.15, -0.1) is 0 Å². The molecule has 0 aliphatic carbocycles. The lowest BCUT2D eigenvalue weighted by Crippen LogP contribution is -2.29. The van der Waals surface area contributed by atoms with Crippen molar-refractivity contribution >= 4 is 11.6 Å². The number of benzene rings is 1. The highest BCUT2D eigenvalue weighted by Gasteiger charge is 2.19. The number of hydrogen-bond acceptors (Lipinski definition) is 5. The minimum atomic E-state index is -0.184. The summed E-state index contributed by atoms with van der Waals surface area (Å²) in [6.07, 6.45) is 2.48. The van der Waals surface area contributed by atoms with Gasteiger partial charge in [0.2, 0.25) is 0 Å². The zero-order valence-corrected chi connectivity index (χ0v) is 16.4. The molecule has 0 atom stereocenters. The Balaban J connectivity index is 1.66. The lowest BCUT2D eigenvalue weighted by Gasteiger charge is -2.09. The Labute approximate surface area is 164 Å². The minimum absolute atomic E-state index is 0.184. The average Bonchev–Trinajstić information content (AvgIpc) is 3.11. The molecule has 1 amide bonds. The van der Waals surface area contributed by atoms with Crippen LogP contribution in [0.25, 0.3) is 5.65 Å². The molecule has 0 saturated heterocycles. The number of aromatic nitrogens is 2. The molecular formula is C21H25N3O4. The number of pyridine rings is 1. The Morgan fingerprint density at radius 2 is 1.86 bits per heavy atom. The SMILES string of the molecule is CCOc1cccn2c(C(=O)NCCOc3ccc(OC)cc3)c(CC)nc12. The van der Waals surface area contributed by atoms with E-state index in [2.05, 4.69) is 10.3 Å². The fourth-order valence-corrected chi connectivity index (χ4v) is 2.93. The van der Waals surface area contributed by atoms with Crippen LogP contribution in [-0.4, -0.2) is 42.2 Å². The van der Waals surface area contributed by atoms with Gasteiger partial charge in [0, 0.05) is 6.20 Å². The highest BCUT2D eigenvalue weighted by atomic mass is 16.5. The standard InChI is InChI=1S/C21H25N3O4/c1-4-17-19(24-13-6-7-18(27-5-2)20(24)23-17)21(25)22-12-14-28-16-10-8-15(26-3)9-11-16/h6-11,13H,4-5,12,14H2,1-3H3,(H,22,25). The van der Waals surface area contributed by atoms with Crippen molar-refractivity contribution in [3.05, 3.63) is 54.0 Å². The molecule has 3 aromatic rings. The predicted molar refractivity (Wildman–Crippen MR) is 107 cm³/mol. The molecule has 2 aromatic heterocycles. The molecule has 148 valence electrons. The first-order chi connectivity index (χ1) is 13.7. The van der Waals surface area contributed by atoms with Gasteiger partial charge in [0.1, 0.15) is 23.8 Å². The Bertz CT molecular complexity index is 935. The molecule has 0 spiro atoms. The molecule has 0 aliphatic rings. The number of carbonyl (C=O) groups excluding carboxylic acids is 1. The Kier molecular flexibility index (Phi) is 6.37. The molecule has 1 N–H and O–H groups in total. The van der Waals surface area contributed by atoms with E-state index in [0.717, 1.165) is 17.2 Å². The van der Waals surface area contributed by atoms with Gasteiger partial charge in [-0.05, 0) is 49.7 Å². The van der Waals surface area contributed by atoms with Gasteiger partial charge >= 0.3 is 0 Å². The lowest BCUT2D eigenvalue weighted by molar-refractivity contribution is 0.0940. The number of rotatable bonds is 9. The van der Waals surface area contributed by atoms with Gasteiger partial charge in [-0.2, -0.15) is 0 Å².